The molecule has 0 unspecified atom stereocenters. The zero-order valence-electron chi connectivity index (χ0n) is 16.8. The van der Waals surface area contributed by atoms with Crippen molar-refractivity contribution in [2.75, 3.05) is 32.8 Å². The number of pyridine rings is 1. The molecule has 2 aliphatic rings. The van der Waals surface area contributed by atoms with Gasteiger partial charge < -0.3 is 14.5 Å². The summed E-state index contributed by atoms with van der Waals surface area (Å²) >= 11 is 0. The summed E-state index contributed by atoms with van der Waals surface area (Å²) in [5, 5.41) is 0. The van der Waals surface area contributed by atoms with Crippen LogP contribution >= 0.6 is 0 Å². The minimum atomic E-state index is -0.0790. The van der Waals surface area contributed by atoms with Crippen molar-refractivity contribution in [3.8, 4) is 0 Å². The van der Waals surface area contributed by atoms with Gasteiger partial charge in [0.05, 0.1) is 24.3 Å². The fourth-order valence-corrected chi connectivity index (χ4v) is 4.30. The molecular formula is C23H29N3O2. The molecule has 0 bridgehead atoms. The second-order valence-corrected chi connectivity index (χ2v) is 7.90. The number of carbonyl (C=O) groups excluding carboxylic acids is 1. The molecule has 148 valence electrons. The number of hydrogen-bond donors (Lipinski definition) is 0. The quantitative estimate of drug-likeness (QED) is 0.817. The average molecular weight is 380 g/mol. The summed E-state index contributed by atoms with van der Waals surface area (Å²) in [5.74, 6) is 0.0409. The third-order valence-electron chi connectivity index (χ3n) is 5.98. The molecule has 0 radical (unpaired) electrons. The van der Waals surface area contributed by atoms with Crippen LogP contribution < -0.4 is 0 Å². The van der Waals surface area contributed by atoms with Crippen molar-refractivity contribution in [1.29, 1.82) is 0 Å². The van der Waals surface area contributed by atoms with Crippen LogP contribution in [0.5, 0.6) is 0 Å². The maximum Gasteiger partial charge on any atom is 0.256 e. The molecule has 2 aromatic rings. The molecule has 0 saturated carbocycles. The molecule has 0 spiro atoms. The minimum Gasteiger partial charge on any atom is -0.373 e. The Hall–Kier alpha value is -2.24. The number of benzene rings is 1. The summed E-state index contributed by atoms with van der Waals surface area (Å²) in [6.45, 7) is 8.26. The first kappa shape index (κ1) is 19.1. The van der Waals surface area contributed by atoms with Crippen molar-refractivity contribution in [2.24, 2.45) is 0 Å². The van der Waals surface area contributed by atoms with E-state index in [4.69, 9.17) is 4.74 Å². The van der Waals surface area contributed by atoms with E-state index >= 15 is 0 Å². The first-order valence-corrected chi connectivity index (χ1v) is 10.3. The van der Waals surface area contributed by atoms with E-state index in [1.54, 1.807) is 6.20 Å². The summed E-state index contributed by atoms with van der Waals surface area (Å²) < 4.78 is 6.21. The summed E-state index contributed by atoms with van der Waals surface area (Å²) in [6.07, 6.45) is 4.19. The largest absolute Gasteiger partial charge is 0.373 e. The Morgan fingerprint density at radius 1 is 1.14 bits per heavy atom. The van der Waals surface area contributed by atoms with Crippen molar-refractivity contribution in [1.82, 2.24) is 14.8 Å². The molecule has 5 heteroatoms. The monoisotopic (exact) mass is 379 g/mol. The van der Waals surface area contributed by atoms with Gasteiger partial charge in [0.25, 0.3) is 5.91 Å². The molecule has 2 saturated heterocycles. The van der Waals surface area contributed by atoms with E-state index in [9.17, 15) is 4.79 Å². The lowest BCUT2D eigenvalue weighted by Gasteiger charge is -2.42. The van der Waals surface area contributed by atoms with Gasteiger partial charge in [-0.05, 0) is 57.0 Å². The van der Waals surface area contributed by atoms with Crippen LogP contribution in [0.1, 0.15) is 46.1 Å². The number of hydrogen-bond acceptors (Lipinski definition) is 4. The third-order valence-corrected chi connectivity index (χ3v) is 5.98. The van der Waals surface area contributed by atoms with Gasteiger partial charge in [0.2, 0.25) is 0 Å². The van der Waals surface area contributed by atoms with Gasteiger partial charge in [0.15, 0.2) is 0 Å². The van der Waals surface area contributed by atoms with Gasteiger partial charge in [-0.2, -0.15) is 0 Å². The average Bonchev–Trinajstić information content (AvgIpc) is 3.23. The molecule has 0 aliphatic carbocycles. The number of carbonyl (C=O) groups is 1. The van der Waals surface area contributed by atoms with Crippen molar-refractivity contribution in [2.45, 2.75) is 38.8 Å². The summed E-state index contributed by atoms with van der Waals surface area (Å²) in [4.78, 5) is 22.3. The number of aryl methyl sites for hydroxylation is 2. The van der Waals surface area contributed by atoms with Crippen molar-refractivity contribution in [3.63, 3.8) is 0 Å². The first-order valence-electron chi connectivity index (χ1n) is 10.3. The Morgan fingerprint density at radius 3 is 2.61 bits per heavy atom. The molecule has 1 aromatic carbocycles. The molecule has 2 aliphatic heterocycles. The van der Waals surface area contributed by atoms with Gasteiger partial charge in [0, 0.05) is 25.0 Å². The normalized spacial score (nSPS) is 23.1. The zero-order valence-corrected chi connectivity index (χ0v) is 16.8. The van der Waals surface area contributed by atoms with Gasteiger partial charge >= 0.3 is 0 Å². The Bertz CT molecular complexity index is 818. The van der Waals surface area contributed by atoms with Crippen molar-refractivity contribution >= 4 is 5.91 Å². The predicted octanol–water partition coefficient (Wildman–Crippen LogP) is 3.38. The van der Waals surface area contributed by atoms with E-state index in [-0.39, 0.29) is 18.1 Å². The second kappa shape index (κ2) is 8.41. The van der Waals surface area contributed by atoms with Gasteiger partial charge in [0.1, 0.15) is 0 Å². The molecule has 5 nitrogen and oxygen atoms in total. The highest BCUT2D eigenvalue weighted by molar-refractivity contribution is 5.94. The molecule has 2 atom stereocenters. The Morgan fingerprint density at radius 2 is 1.89 bits per heavy atom. The van der Waals surface area contributed by atoms with E-state index in [0.717, 1.165) is 36.5 Å². The number of likely N-dealkylation sites (tertiary alicyclic amines) is 1. The molecule has 1 amide bonds. The van der Waals surface area contributed by atoms with Crippen LogP contribution in [-0.4, -0.2) is 59.6 Å². The highest BCUT2D eigenvalue weighted by Crippen LogP contribution is 2.32. The van der Waals surface area contributed by atoms with Crippen molar-refractivity contribution in [3.05, 3.63) is 65.0 Å². The lowest BCUT2D eigenvalue weighted by atomic mass is 9.96. The smallest absolute Gasteiger partial charge is 0.256 e. The minimum absolute atomic E-state index is 0.0160. The fraction of sp³-hybridized carbons (Fsp3) is 0.478. The van der Waals surface area contributed by atoms with Crippen LogP contribution in [0.2, 0.25) is 0 Å². The molecule has 3 heterocycles. The fourth-order valence-electron chi connectivity index (χ4n) is 4.30. The zero-order chi connectivity index (χ0) is 19.5. The Balaban J connectivity index is 1.64. The summed E-state index contributed by atoms with van der Waals surface area (Å²) in [6, 6.07) is 12.2. The standard InChI is InChI=1S/C23H29N3O2/c1-17-14-20(15-24-18(17)2)23(27)26-12-13-28-21(16-25-10-6-7-11-25)22(26)19-8-4-3-5-9-19/h3-5,8-9,14-15,21-22H,6-7,10-13,16H2,1-2H3/t21-,22-/m0/s1. The third kappa shape index (κ3) is 3.96. The topological polar surface area (TPSA) is 45.7 Å². The highest BCUT2D eigenvalue weighted by Gasteiger charge is 2.38. The molecular weight excluding hydrogens is 350 g/mol. The molecule has 2 fully saturated rings. The Kier molecular flexibility index (Phi) is 5.74. The molecule has 0 N–H and O–H groups in total. The molecule has 1 aromatic heterocycles. The lowest BCUT2D eigenvalue weighted by molar-refractivity contribution is -0.0707. The molecule has 28 heavy (non-hydrogen) atoms. The van der Waals surface area contributed by atoms with Gasteiger partial charge in [-0.15, -0.1) is 0 Å². The van der Waals surface area contributed by atoms with Crippen LogP contribution in [-0.2, 0) is 4.74 Å². The SMILES string of the molecule is Cc1cc(C(=O)N2CCO[C@@H](CN3CCCC3)[C@@H]2c2ccccc2)cnc1C. The number of rotatable bonds is 4. The lowest BCUT2D eigenvalue weighted by Crippen LogP contribution is -2.51. The number of aromatic nitrogens is 1. The van der Waals surface area contributed by atoms with E-state index in [1.165, 1.54) is 12.8 Å². The van der Waals surface area contributed by atoms with Crippen LogP contribution in [0.3, 0.4) is 0 Å². The van der Waals surface area contributed by atoms with Crippen LogP contribution in [0.4, 0.5) is 0 Å². The maximum absolute atomic E-state index is 13.4. The van der Waals surface area contributed by atoms with Crippen LogP contribution in [0.15, 0.2) is 42.6 Å². The second-order valence-electron chi connectivity index (χ2n) is 7.90. The summed E-state index contributed by atoms with van der Waals surface area (Å²) in [5.41, 5.74) is 3.80. The van der Waals surface area contributed by atoms with Gasteiger partial charge in [-0.1, -0.05) is 30.3 Å². The maximum atomic E-state index is 13.4. The van der Waals surface area contributed by atoms with Crippen LogP contribution in [0, 0.1) is 13.8 Å². The predicted molar refractivity (Wildman–Crippen MR) is 109 cm³/mol. The van der Waals surface area contributed by atoms with Gasteiger partial charge in [-0.3, -0.25) is 9.78 Å². The summed E-state index contributed by atoms with van der Waals surface area (Å²) in [7, 11) is 0. The van der Waals surface area contributed by atoms with Gasteiger partial charge in [-0.25, -0.2) is 0 Å². The molecule has 4 rings (SSSR count). The number of nitrogens with zero attached hydrogens (tertiary/aromatic N) is 3. The van der Waals surface area contributed by atoms with E-state index in [2.05, 4.69) is 22.0 Å². The van der Waals surface area contributed by atoms with E-state index in [0.29, 0.717) is 18.7 Å². The van der Waals surface area contributed by atoms with E-state index in [1.807, 2.05) is 43.0 Å². The van der Waals surface area contributed by atoms with E-state index < -0.39 is 0 Å². The number of amides is 1. The first-order chi connectivity index (χ1) is 13.6. The number of morpholine rings is 1. The van der Waals surface area contributed by atoms with Crippen LogP contribution in [0.25, 0.3) is 0 Å². The number of ether oxygens (including phenoxy) is 1. The highest BCUT2D eigenvalue weighted by atomic mass is 16.5. The van der Waals surface area contributed by atoms with Crippen molar-refractivity contribution < 1.29 is 9.53 Å². The Labute approximate surface area is 167 Å².